The van der Waals surface area contributed by atoms with Crippen LogP contribution >= 0.6 is 11.8 Å². The summed E-state index contributed by atoms with van der Waals surface area (Å²) in [4.78, 5) is 39.2. The van der Waals surface area contributed by atoms with Crippen LogP contribution in [0.1, 0.15) is 26.3 Å². The fourth-order valence-electron chi connectivity index (χ4n) is 3.38. The first-order chi connectivity index (χ1) is 16.2. The van der Waals surface area contributed by atoms with E-state index in [2.05, 4.69) is 4.98 Å². The second kappa shape index (κ2) is 11.0. The molecule has 34 heavy (non-hydrogen) atoms. The minimum atomic E-state index is -1.08. The van der Waals surface area contributed by atoms with E-state index in [4.69, 9.17) is 24.2 Å². The summed E-state index contributed by atoms with van der Waals surface area (Å²) in [6.45, 7) is 3.62. The average molecular weight is 488 g/mol. The van der Waals surface area contributed by atoms with E-state index >= 15 is 0 Å². The number of hydrogen-bond donors (Lipinski definition) is 0. The molecule has 4 atom stereocenters. The van der Waals surface area contributed by atoms with Gasteiger partial charge in [-0.15, -0.1) is 11.8 Å². The standard InChI is InChI=1S/C23H21FN2O7S/c1-12(27)30-20-11-34-23(22(32-14(3)29)21(20)31-13(2)28)33-18-7-17(9-26-10-18)15-4-5-19(24)16(6-15)8-25/h4-7,9-10,20-23H,11H2,1-3H3/t20-,21+,22-,23?/m1/s1. The van der Waals surface area contributed by atoms with Crippen molar-refractivity contribution in [2.24, 2.45) is 0 Å². The molecule has 0 saturated carbocycles. The summed E-state index contributed by atoms with van der Waals surface area (Å²) >= 11 is 1.21. The molecule has 1 saturated heterocycles. The van der Waals surface area contributed by atoms with Crippen LogP contribution in [-0.2, 0) is 28.6 Å². The molecule has 0 radical (unpaired) electrons. The van der Waals surface area contributed by atoms with E-state index < -0.39 is 47.5 Å². The SMILES string of the molecule is CC(=O)O[C@H]1[C@H](OC(C)=O)CSC(Oc2cncc(-c3ccc(F)c(C#N)c3)c2)[C@@H]1OC(C)=O. The monoisotopic (exact) mass is 488 g/mol. The average Bonchev–Trinajstić information content (AvgIpc) is 2.77. The molecule has 11 heteroatoms. The predicted molar refractivity (Wildman–Crippen MR) is 118 cm³/mol. The van der Waals surface area contributed by atoms with Gasteiger partial charge < -0.3 is 18.9 Å². The van der Waals surface area contributed by atoms with Crippen molar-refractivity contribution in [2.45, 2.75) is 44.5 Å². The second-order valence-electron chi connectivity index (χ2n) is 7.33. The molecule has 9 nitrogen and oxygen atoms in total. The Labute approximate surface area is 199 Å². The first-order valence-corrected chi connectivity index (χ1v) is 11.2. The van der Waals surface area contributed by atoms with E-state index in [9.17, 15) is 18.8 Å². The lowest BCUT2D eigenvalue weighted by Crippen LogP contribution is -2.55. The maximum absolute atomic E-state index is 13.7. The van der Waals surface area contributed by atoms with Gasteiger partial charge in [0.25, 0.3) is 0 Å². The summed E-state index contributed by atoms with van der Waals surface area (Å²) in [5, 5.41) is 9.08. The molecule has 1 unspecified atom stereocenters. The number of pyridine rings is 1. The maximum atomic E-state index is 13.7. The number of benzene rings is 1. The third-order valence-corrected chi connectivity index (χ3v) is 5.90. The first-order valence-electron chi connectivity index (χ1n) is 10.1. The van der Waals surface area contributed by atoms with Gasteiger partial charge in [-0.05, 0) is 23.8 Å². The zero-order valence-electron chi connectivity index (χ0n) is 18.5. The Balaban J connectivity index is 1.89. The third-order valence-electron chi connectivity index (χ3n) is 4.69. The molecule has 0 bridgehead atoms. The number of ether oxygens (including phenoxy) is 4. The molecule has 3 rings (SSSR count). The van der Waals surface area contributed by atoms with Gasteiger partial charge in [-0.25, -0.2) is 4.39 Å². The lowest BCUT2D eigenvalue weighted by Gasteiger charge is -2.39. The van der Waals surface area contributed by atoms with Gasteiger partial charge in [-0.2, -0.15) is 5.26 Å². The lowest BCUT2D eigenvalue weighted by atomic mass is 10.0. The number of halogens is 1. The van der Waals surface area contributed by atoms with Crippen molar-refractivity contribution in [1.82, 2.24) is 4.98 Å². The number of carbonyl (C=O) groups is 3. The predicted octanol–water partition coefficient (Wildman–Crippen LogP) is 3.01. The smallest absolute Gasteiger partial charge is 0.303 e. The maximum Gasteiger partial charge on any atom is 0.303 e. The molecule has 0 N–H and O–H groups in total. The number of thioether (sulfide) groups is 1. The van der Waals surface area contributed by atoms with Crippen molar-refractivity contribution < 1.29 is 37.7 Å². The molecular formula is C23H21FN2O7S. The highest BCUT2D eigenvalue weighted by atomic mass is 32.2. The van der Waals surface area contributed by atoms with Gasteiger partial charge in [0.05, 0.1) is 11.8 Å². The van der Waals surface area contributed by atoms with E-state index in [1.54, 1.807) is 12.1 Å². The van der Waals surface area contributed by atoms with Crippen molar-refractivity contribution in [3.63, 3.8) is 0 Å². The lowest BCUT2D eigenvalue weighted by molar-refractivity contribution is -0.186. The first kappa shape index (κ1) is 25.0. The van der Waals surface area contributed by atoms with Gasteiger partial charge >= 0.3 is 17.9 Å². The van der Waals surface area contributed by atoms with Crippen LogP contribution in [0.3, 0.4) is 0 Å². The van der Waals surface area contributed by atoms with E-state index in [0.717, 1.165) is 0 Å². The van der Waals surface area contributed by atoms with Gasteiger partial charge in [0.1, 0.15) is 17.6 Å². The van der Waals surface area contributed by atoms with Crippen molar-refractivity contribution >= 4 is 29.7 Å². The Hall–Kier alpha value is -3.65. The van der Waals surface area contributed by atoms with E-state index in [1.807, 2.05) is 0 Å². The molecule has 1 aliphatic rings. The fourth-order valence-corrected chi connectivity index (χ4v) is 4.59. The van der Waals surface area contributed by atoms with Crippen molar-refractivity contribution in [2.75, 3.05) is 5.75 Å². The number of esters is 3. The number of nitrogens with zero attached hydrogens (tertiary/aromatic N) is 2. The molecule has 1 aliphatic heterocycles. The summed E-state index contributed by atoms with van der Waals surface area (Å²) in [6.07, 6.45) is -0.0457. The van der Waals surface area contributed by atoms with Gasteiger partial charge in [-0.1, -0.05) is 6.07 Å². The van der Waals surface area contributed by atoms with Gasteiger partial charge in [-0.3, -0.25) is 19.4 Å². The van der Waals surface area contributed by atoms with E-state index in [1.165, 1.54) is 63.1 Å². The van der Waals surface area contributed by atoms with Crippen molar-refractivity contribution in [3.05, 3.63) is 48.0 Å². The summed E-state index contributed by atoms with van der Waals surface area (Å²) in [5.74, 6) is -1.97. The van der Waals surface area contributed by atoms with Crippen LogP contribution in [-0.4, -0.2) is 52.4 Å². The van der Waals surface area contributed by atoms with Crippen LogP contribution in [0, 0.1) is 17.1 Å². The minimum Gasteiger partial charge on any atom is -0.474 e. The number of rotatable bonds is 6. The van der Waals surface area contributed by atoms with Crippen LogP contribution in [0.4, 0.5) is 4.39 Å². The van der Waals surface area contributed by atoms with Crippen molar-refractivity contribution in [3.8, 4) is 22.9 Å². The highest BCUT2D eigenvalue weighted by molar-refractivity contribution is 7.99. The van der Waals surface area contributed by atoms with Crippen LogP contribution in [0.25, 0.3) is 11.1 Å². The molecule has 2 aromatic rings. The molecule has 1 aromatic carbocycles. The van der Waals surface area contributed by atoms with Gasteiger partial charge in [0.2, 0.25) is 0 Å². The van der Waals surface area contributed by atoms with Crippen LogP contribution < -0.4 is 4.74 Å². The summed E-state index contributed by atoms with van der Waals surface area (Å²) in [7, 11) is 0. The Morgan fingerprint density at radius 2 is 1.68 bits per heavy atom. The fraction of sp³-hybridized carbons (Fsp3) is 0.348. The Morgan fingerprint density at radius 1 is 1.00 bits per heavy atom. The topological polar surface area (TPSA) is 125 Å². The highest BCUT2D eigenvalue weighted by Crippen LogP contribution is 2.35. The van der Waals surface area contributed by atoms with Crippen LogP contribution in [0.15, 0.2) is 36.7 Å². The molecule has 0 aliphatic carbocycles. The Kier molecular flexibility index (Phi) is 8.07. The van der Waals surface area contributed by atoms with Gasteiger partial charge in [0, 0.05) is 38.3 Å². The third kappa shape index (κ3) is 6.23. The number of aromatic nitrogens is 1. The molecule has 1 fully saturated rings. The summed E-state index contributed by atoms with van der Waals surface area (Å²) in [5.41, 5.74) is 0.187. The largest absolute Gasteiger partial charge is 0.474 e. The van der Waals surface area contributed by atoms with Crippen LogP contribution in [0.5, 0.6) is 5.75 Å². The molecular weight excluding hydrogens is 467 g/mol. The molecule has 0 amide bonds. The van der Waals surface area contributed by atoms with E-state index in [0.29, 0.717) is 16.9 Å². The van der Waals surface area contributed by atoms with Gasteiger partial charge in [0.15, 0.2) is 23.7 Å². The number of carbonyl (C=O) groups excluding carboxylic acids is 3. The molecule has 178 valence electrons. The summed E-state index contributed by atoms with van der Waals surface area (Å²) < 4.78 is 35.7. The summed E-state index contributed by atoms with van der Waals surface area (Å²) in [6, 6.07) is 7.52. The Bertz CT molecular complexity index is 1140. The molecule has 0 spiro atoms. The molecule has 1 aromatic heterocycles. The normalized spacial score (nSPS) is 21.6. The number of hydrogen-bond acceptors (Lipinski definition) is 10. The zero-order valence-corrected chi connectivity index (χ0v) is 19.3. The van der Waals surface area contributed by atoms with E-state index in [-0.39, 0.29) is 11.3 Å². The molecule has 2 heterocycles. The minimum absolute atomic E-state index is 0.109. The highest BCUT2D eigenvalue weighted by Gasteiger charge is 2.47. The number of nitriles is 1. The van der Waals surface area contributed by atoms with Crippen molar-refractivity contribution in [1.29, 1.82) is 5.26 Å². The Morgan fingerprint density at radius 3 is 2.32 bits per heavy atom. The second-order valence-corrected chi connectivity index (χ2v) is 8.46. The zero-order chi connectivity index (χ0) is 24.8. The van der Waals surface area contributed by atoms with Crippen LogP contribution in [0.2, 0.25) is 0 Å². The quantitative estimate of drug-likeness (QED) is 0.442.